The summed E-state index contributed by atoms with van der Waals surface area (Å²) in [4.78, 5) is 12.4. The molecule has 0 saturated heterocycles. The van der Waals surface area contributed by atoms with E-state index in [1.165, 1.54) is 0 Å². The minimum atomic E-state index is 0.0391. The average Bonchev–Trinajstić information content (AvgIpc) is 2.69. The molecular weight excluding hydrogens is 302 g/mol. The third-order valence-electron chi connectivity index (χ3n) is 4.99. The number of nitrogens with one attached hydrogen (secondary N) is 1. The van der Waals surface area contributed by atoms with Crippen LogP contribution in [-0.4, -0.2) is 5.91 Å². The van der Waals surface area contributed by atoms with Crippen LogP contribution in [0.5, 0.6) is 0 Å². The maximum atomic E-state index is 12.4. The van der Waals surface area contributed by atoms with Crippen LogP contribution in [-0.2, 0) is 4.79 Å². The maximum absolute atomic E-state index is 12.4. The molecule has 1 saturated carbocycles. The first-order valence-electron chi connectivity index (χ1n) is 6.74. The van der Waals surface area contributed by atoms with Gasteiger partial charge in [-0.25, -0.2) is 0 Å². The highest BCUT2D eigenvalue weighted by molar-refractivity contribution is 9.10. The molecule has 1 aliphatic rings. The highest BCUT2D eigenvalue weighted by Crippen LogP contribution is 2.68. The Kier molecular flexibility index (Phi) is 3.54. The van der Waals surface area contributed by atoms with Gasteiger partial charge < -0.3 is 5.32 Å². The molecule has 0 spiro atoms. The topological polar surface area (TPSA) is 29.1 Å². The number of hydrogen-bond acceptors (Lipinski definition) is 1. The molecule has 1 unspecified atom stereocenters. The van der Waals surface area contributed by atoms with Gasteiger partial charge in [0.05, 0.1) is 6.04 Å². The van der Waals surface area contributed by atoms with Gasteiger partial charge in [-0.05, 0) is 35.4 Å². The minimum absolute atomic E-state index is 0.0391. The van der Waals surface area contributed by atoms with E-state index in [4.69, 9.17) is 0 Å². The van der Waals surface area contributed by atoms with Crippen LogP contribution in [0.25, 0.3) is 0 Å². The Morgan fingerprint density at radius 3 is 2.32 bits per heavy atom. The summed E-state index contributed by atoms with van der Waals surface area (Å²) >= 11 is 3.46. The van der Waals surface area contributed by atoms with Crippen molar-refractivity contribution >= 4 is 21.8 Å². The predicted molar refractivity (Wildman–Crippen MR) is 81.8 cm³/mol. The smallest absolute Gasteiger partial charge is 0.224 e. The van der Waals surface area contributed by atoms with Crippen molar-refractivity contribution in [3.8, 4) is 0 Å². The first-order chi connectivity index (χ1) is 8.68. The van der Waals surface area contributed by atoms with Crippen LogP contribution < -0.4 is 5.32 Å². The van der Waals surface area contributed by atoms with E-state index in [-0.39, 0.29) is 28.7 Å². The number of carbonyl (C=O) groups excluding carboxylic acids is 1. The molecule has 0 aromatic heterocycles. The van der Waals surface area contributed by atoms with Gasteiger partial charge in [0.25, 0.3) is 0 Å². The third kappa shape index (κ3) is 2.45. The van der Waals surface area contributed by atoms with Crippen LogP contribution in [0.2, 0.25) is 0 Å². The second kappa shape index (κ2) is 4.62. The number of carbonyl (C=O) groups is 1. The molecule has 1 fully saturated rings. The summed E-state index contributed by atoms with van der Waals surface area (Å²) in [6.45, 7) is 10.7. The zero-order valence-corrected chi connectivity index (χ0v) is 13.8. The zero-order valence-electron chi connectivity index (χ0n) is 12.3. The van der Waals surface area contributed by atoms with Crippen LogP contribution in [0, 0.1) is 16.7 Å². The normalized spacial score (nSPS) is 21.8. The quantitative estimate of drug-likeness (QED) is 0.882. The van der Waals surface area contributed by atoms with Gasteiger partial charge in [0.2, 0.25) is 5.91 Å². The van der Waals surface area contributed by atoms with Crippen molar-refractivity contribution in [3.63, 3.8) is 0 Å². The largest absolute Gasteiger partial charge is 0.349 e. The van der Waals surface area contributed by atoms with E-state index in [1.807, 2.05) is 31.2 Å². The predicted octanol–water partition coefficient (Wildman–Crippen LogP) is 4.31. The average molecular weight is 324 g/mol. The molecule has 1 aromatic rings. The summed E-state index contributed by atoms with van der Waals surface area (Å²) < 4.78 is 1.04. The Morgan fingerprint density at radius 2 is 1.84 bits per heavy atom. The standard InChI is InChI=1S/C16H22BrNO/c1-10(11-7-6-8-12(17)9-11)18-14(19)13-15(2,3)16(13,4)5/h6-10,13H,1-5H3,(H,18,19). The van der Waals surface area contributed by atoms with E-state index in [9.17, 15) is 4.79 Å². The van der Waals surface area contributed by atoms with Crippen LogP contribution in [0.1, 0.15) is 46.2 Å². The highest BCUT2D eigenvalue weighted by Gasteiger charge is 2.68. The van der Waals surface area contributed by atoms with E-state index in [0.29, 0.717) is 0 Å². The van der Waals surface area contributed by atoms with E-state index < -0.39 is 0 Å². The molecular formula is C16H22BrNO. The Hall–Kier alpha value is -0.830. The lowest BCUT2D eigenvalue weighted by molar-refractivity contribution is -0.124. The van der Waals surface area contributed by atoms with Crippen molar-refractivity contribution in [3.05, 3.63) is 34.3 Å². The Labute approximate surface area is 124 Å². The van der Waals surface area contributed by atoms with Gasteiger partial charge in [0, 0.05) is 10.4 Å². The van der Waals surface area contributed by atoms with Gasteiger partial charge in [0.1, 0.15) is 0 Å². The number of amides is 1. The fourth-order valence-electron chi connectivity index (χ4n) is 3.01. The van der Waals surface area contributed by atoms with Gasteiger partial charge in [-0.3, -0.25) is 4.79 Å². The highest BCUT2D eigenvalue weighted by atomic mass is 79.9. The molecule has 0 bridgehead atoms. The number of halogens is 1. The SMILES string of the molecule is CC(NC(=O)C1C(C)(C)C1(C)C)c1cccc(Br)c1. The fourth-order valence-corrected chi connectivity index (χ4v) is 3.42. The van der Waals surface area contributed by atoms with Crippen molar-refractivity contribution in [2.75, 3.05) is 0 Å². The van der Waals surface area contributed by atoms with Gasteiger partial charge in [-0.2, -0.15) is 0 Å². The summed E-state index contributed by atoms with van der Waals surface area (Å²) in [5, 5.41) is 3.14. The fraction of sp³-hybridized carbons (Fsp3) is 0.562. The summed E-state index contributed by atoms with van der Waals surface area (Å²) in [6, 6.07) is 8.11. The Morgan fingerprint density at radius 1 is 1.26 bits per heavy atom. The number of benzene rings is 1. The molecule has 19 heavy (non-hydrogen) atoms. The molecule has 2 rings (SSSR count). The first-order valence-corrected chi connectivity index (χ1v) is 7.53. The molecule has 2 nitrogen and oxygen atoms in total. The lowest BCUT2D eigenvalue weighted by Crippen LogP contribution is -2.30. The van der Waals surface area contributed by atoms with Crippen molar-refractivity contribution in [1.82, 2.24) is 5.32 Å². The van der Waals surface area contributed by atoms with Gasteiger partial charge in [-0.15, -0.1) is 0 Å². The van der Waals surface area contributed by atoms with Crippen molar-refractivity contribution in [2.45, 2.75) is 40.7 Å². The second-order valence-electron chi connectivity index (χ2n) is 6.66. The molecule has 0 radical (unpaired) electrons. The number of rotatable bonds is 3. The molecule has 1 atom stereocenters. The summed E-state index contributed by atoms with van der Waals surface area (Å²) in [7, 11) is 0. The molecule has 104 valence electrons. The van der Waals surface area contributed by atoms with E-state index >= 15 is 0 Å². The van der Waals surface area contributed by atoms with Crippen molar-refractivity contribution in [2.24, 2.45) is 16.7 Å². The van der Waals surface area contributed by atoms with Crippen molar-refractivity contribution in [1.29, 1.82) is 0 Å². The molecule has 1 N–H and O–H groups in total. The number of hydrogen-bond donors (Lipinski definition) is 1. The molecule has 1 aromatic carbocycles. The zero-order chi connectivity index (χ0) is 14.4. The molecule has 1 amide bonds. The van der Waals surface area contributed by atoms with E-state index in [1.54, 1.807) is 0 Å². The third-order valence-corrected chi connectivity index (χ3v) is 5.48. The summed E-state index contributed by atoms with van der Waals surface area (Å²) in [6.07, 6.45) is 0. The van der Waals surface area contributed by atoms with Crippen LogP contribution in [0.4, 0.5) is 0 Å². The molecule has 0 aliphatic heterocycles. The van der Waals surface area contributed by atoms with E-state index in [0.717, 1.165) is 10.0 Å². The molecule has 1 aliphatic carbocycles. The van der Waals surface area contributed by atoms with Crippen LogP contribution >= 0.6 is 15.9 Å². The first kappa shape index (κ1) is 14.6. The molecule has 3 heteroatoms. The lowest BCUT2D eigenvalue weighted by atomic mass is 10.0. The minimum Gasteiger partial charge on any atom is -0.349 e. The van der Waals surface area contributed by atoms with Gasteiger partial charge in [-0.1, -0.05) is 55.8 Å². The lowest BCUT2D eigenvalue weighted by Gasteiger charge is -2.15. The van der Waals surface area contributed by atoms with Crippen LogP contribution in [0.3, 0.4) is 0 Å². The Balaban J connectivity index is 2.05. The monoisotopic (exact) mass is 323 g/mol. The maximum Gasteiger partial charge on any atom is 0.224 e. The van der Waals surface area contributed by atoms with Crippen molar-refractivity contribution < 1.29 is 4.79 Å². The van der Waals surface area contributed by atoms with Crippen LogP contribution in [0.15, 0.2) is 28.7 Å². The van der Waals surface area contributed by atoms with Gasteiger partial charge in [0.15, 0.2) is 0 Å². The summed E-state index contributed by atoms with van der Waals surface area (Å²) in [5.41, 5.74) is 1.31. The van der Waals surface area contributed by atoms with Gasteiger partial charge >= 0.3 is 0 Å². The second-order valence-corrected chi connectivity index (χ2v) is 7.58. The Bertz CT molecular complexity index is 493. The summed E-state index contributed by atoms with van der Waals surface area (Å²) in [5.74, 6) is 0.275. The molecule has 0 heterocycles. The van der Waals surface area contributed by atoms with E-state index in [2.05, 4.69) is 48.9 Å².